The van der Waals surface area contributed by atoms with Gasteiger partial charge in [-0.1, -0.05) is 44.8 Å². The fraction of sp³-hybridized carbons (Fsp3) is 0.800. The van der Waals surface area contributed by atoms with Crippen molar-refractivity contribution < 1.29 is 0 Å². The normalized spacial score (nSPS) is 12.4. The Labute approximate surface area is 82.9 Å². The van der Waals surface area contributed by atoms with Crippen LogP contribution in [0.3, 0.4) is 0 Å². The van der Waals surface area contributed by atoms with E-state index >= 15 is 0 Å². The van der Waals surface area contributed by atoms with Gasteiger partial charge in [0.25, 0.3) is 0 Å². The van der Waals surface area contributed by atoms with Crippen molar-refractivity contribution in [3.05, 3.63) is 12.2 Å². The van der Waals surface area contributed by atoms with Gasteiger partial charge >= 0.3 is 0 Å². The fourth-order valence-electron chi connectivity index (χ4n) is 1.27. The second-order valence-electron chi connectivity index (χ2n) is 3.46. The van der Waals surface area contributed by atoms with Gasteiger partial charge in [-0.3, -0.25) is 0 Å². The Bertz CT molecular complexity index is 100. The van der Waals surface area contributed by atoms with Crippen molar-refractivity contribution in [2.75, 3.05) is 0 Å². The molecule has 0 unspecified atom stereocenters. The Kier molecular flexibility index (Phi) is 11.3. The first-order valence-corrected chi connectivity index (χ1v) is 12.2. The van der Waals surface area contributed by atoms with Crippen LogP contribution in [0.1, 0.15) is 45.4 Å². The highest BCUT2D eigenvalue weighted by atomic mass is 29.1. The molecule has 0 aliphatic heterocycles. The lowest BCUT2D eigenvalue weighted by molar-refractivity contribution is 0.637. The van der Waals surface area contributed by atoms with E-state index in [2.05, 4.69) is 19.1 Å². The highest BCUT2D eigenvalue weighted by molar-refractivity contribution is 6.89. The van der Waals surface area contributed by atoms with Crippen molar-refractivity contribution in [3.8, 4) is 0 Å². The molecule has 0 N–H and O–H groups in total. The molecule has 0 saturated heterocycles. The second kappa shape index (κ2) is 11.2. The molecule has 0 amide bonds. The van der Waals surface area contributed by atoms with Gasteiger partial charge in [0.15, 0.2) is 0 Å². The minimum Gasteiger partial charge on any atom is -0.0920 e. The molecule has 0 bridgehead atoms. The zero-order valence-corrected chi connectivity index (χ0v) is 12.2. The summed E-state index contributed by atoms with van der Waals surface area (Å²) in [4.78, 5) is 0. The second-order valence-corrected chi connectivity index (χ2v) is 8.04. The summed E-state index contributed by atoms with van der Waals surface area (Å²) in [5.74, 6) is 0. The van der Waals surface area contributed by atoms with E-state index < -0.39 is 0 Å². The third kappa shape index (κ3) is 10.2. The molecule has 0 atom stereocenters. The number of hydrogen-bond donors (Lipinski definition) is 0. The van der Waals surface area contributed by atoms with Crippen LogP contribution in [0.25, 0.3) is 0 Å². The van der Waals surface area contributed by atoms with Crippen LogP contribution in [0.5, 0.6) is 0 Å². The molecule has 0 aromatic heterocycles. The zero-order chi connectivity index (χ0) is 9.07. The van der Waals surface area contributed by atoms with Crippen molar-refractivity contribution in [2.24, 2.45) is 0 Å². The van der Waals surface area contributed by atoms with Crippen molar-refractivity contribution in [1.82, 2.24) is 0 Å². The van der Waals surface area contributed by atoms with E-state index in [0.29, 0.717) is 9.04 Å². The van der Waals surface area contributed by atoms with E-state index in [-0.39, 0.29) is 0 Å². The van der Waals surface area contributed by atoms with Crippen LogP contribution >= 0.6 is 0 Å². The third-order valence-electron chi connectivity index (χ3n) is 2.10. The predicted molar refractivity (Wildman–Crippen MR) is 65.8 cm³/mol. The molecule has 2 heteroatoms. The standard InChI is InChI=1S/C10H24Si2/c1-2-3-4-5-6-7-8-9-10-12-11/h8-9H,2-7,10,12H2,1,11H3. The van der Waals surface area contributed by atoms with Crippen molar-refractivity contribution in [1.29, 1.82) is 0 Å². The smallest absolute Gasteiger partial charge is 0.00875 e. The third-order valence-corrected chi connectivity index (χ3v) is 4.74. The van der Waals surface area contributed by atoms with Gasteiger partial charge in [-0.05, 0) is 28.6 Å². The highest BCUT2D eigenvalue weighted by Crippen LogP contribution is 2.05. The maximum Gasteiger partial charge on any atom is 0.00875 e. The van der Waals surface area contributed by atoms with E-state index in [0.717, 1.165) is 0 Å². The molecule has 0 aromatic carbocycles. The monoisotopic (exact) mass is 200 g/mol. The molecule has 12 heavy (non-hydrogen) atoms. The number of unbranched alkanes of at least 4 members (excludes halogenated alkanes) is 5. The SMILES string of the molecule is CCCCCCCC=CC[SiH2][SiH3]. The van der Waals surface area contributed by atoms with Gasteiger partial charge in [-0.2, -0.15) is 0 Å². The van der Waals surface area contributed by atoms with E-state index in [9.17, 15) is 0 Å². The first-order chi connectivity index (χ1) is 5.91. The minimum absolute atomic E-state index is 0.418. The summed E-state index contributed by atoms with van der Waals surface area (Å²) < 4.78 is 0. The summed E-state index contributed by atoms with van der Waals surface area (Å²) >= 11 is 0. The van der Waals surface area contributed by atoms with E-state index in [4.69, 9.17) is 0 Å². The number of hydrogen-bond acceptors (Lipinski definition) is 0. The molecule has 0 aliphatic rings. The summed E-state index contributed by atoms with van der Waals surface area (Å²) in [6, 6.07) is 1.46. The quantitative estimate of drug-likeness (QED) is 0.318. The van der Waals surface area contributed by atoms with Gasteiger partial charge < -0.3 is 0 Å². The molecule has 0 heterocycles. The summed E-state index contributed by atoms with van der Waals surface area (Å²) in [5, 5.41) is 0. The van der Waals surface area contributed by atoms with Crippen LogP contribution in [0.4, 0.5) is 0 Å². The molecule has 72 valence electrons. The van der Waals surface area contributed by atoms with Crippen molar-refractivity contribution in [3.63, 3.8) is 0 Å². The largest absolute Gasteiger partial charge is 0.0920 e. The lowest BCUT2D eigenvalue weighted by atomic mass is 10.1. The Morgan fingerprint density at radius 3 is 2.50 bits per heavy atom. The molecule has 0 saturated carbocycles. The van der Waals surface area contributed by atoms with Crippen LogP contribution < -0.4 is 0 Å². The predicted octanol–water partition coefficient (Wildman–Crippen LogP) is 1.77. The zero-order valence-electron chi connectivity index (χ0n) is 8.81. The summed E-state index contributed by atoms with van der Waals surface area (Å²) in [7, 11) is 1.92. The lowest BCUT2D eigenvalue weighted by Crippen LogP contribution is -1.82. The van der Waals surface area contributed by atoms with Gasteiger partial charge in [0.05, 0.1) is 0 Å². The molecule has 0 aromatic rings. The van der Waals surface area contributed by atoms with Crippen molar-refractivity contribution >= 4 is 18.8 Å². The Morgan fingerprint density at radius 1 is 1.08 bits per heavy atom. The van der Waals surface area contributed by atoms with Gasteiger partial charge in [-0.15, -0.1) is 0 Å². The molecule has 0 spiro atoms. The maximum atomic E-state index is 2.42. The van der Waals surface area contributed by atoms with Crippen LogP contribution in [0, 0.1) is 0 Å². The van der Waals surface area contributed by atoms with Crippen LogP contribution in [0.15, 0.2) is 12.2 Å². The summed E-state index contributed by atoms with van der Waals surface area (Å²) in [6.07, 6.45) is 13.2. The first kappa shape index (κ1) is 12.2. The van der Waals surface area contributed by atoms with E-state index in [1.807, 2.05) is 0 Å². The Morgan fingerprint density at radius 2 is 1.83 bits per heavy atom. The maximum absolute atomic E-state index is 2.42. The lowest BCUT2D eigenvalue weighted by Gasteiger charge is -1.95. The Hall–Kier alpha value is 0.174. The summed E-state index contributed by atoms with van der Waals surface area (Å²) in [5.41, 5.74) is 0. The van der Waals surface area contributed by atoms with E-state index in [1.165, 1.54) is 54.3 Å². The molecule has 0 fully saturated rings. The fourth-order valence-corrected chi connectivity index (χ4v) is 2.84. The van der Waals surface area contributed by atoms with Gasteiger partial charge in [0.2, 0.25) is 0 Å². The van der Waals surface area contributed by atoms with Gasteiger partial charge in [0, 0.05) is 9.04 Å². The number of allylic oxidation sites excluding steroid dienone is 2. The highest BCUT2D eigenvalue weighted by Gasteiger charge is 1.85. The Balaban J connectivity index is 2.90. The van der Waals surface area contributed by atoms with Crippen LogP contribution in [-0.2, 0) is 0 Å². The topological polar surface area (TPSA) is 0 Å². The number of rotatable bonds is 8. The first-order valence-electron chi connectivity index (χ1n) is 5.56. The molecule has 0 rings (SSSR count). The average molecular weight is 200 g/mol. The molecule has 0 aliphatic carbocycles. The molecule has 0 radical (unpaired) electrons. The molecule has 0 nitrogen and oxygen atoms in total. The summed E-state index contributed by atoms with van der Waals surface area (Å²) in [6.45, 7) is 2.27. The minimum atomic E-state index is 0.418. The van der Waals surface area contributed by atoms with Gasteiger partial charge in [0.1, 0.15) is 0 Å². The average Bonchev–Trinajstić information content (AvgIpc) is 2.10. The van der Waals surface area contributed by atoms with E-state index in [1.54, 1.807) is 0 Å². The molecular formula is C10H24Si2. The van der Waals surface area contributed by atoms with Crippen LogP contribution in [0.2, 0.25) is 6.04 Å². The molecular weight excluding hydrogens is 176 g/mol. The van der Waals surface area contributed by atoms with Gasteiger partial charge in [-0.25, -0.2) is 0 Å². The van der Waals surface area contributed by atoms with Crippen molar-refractivity contribution in [2.45, 2.75) is 51.5 Å². The van der Waals surface area contributed by atoms with Crippen LogP contribution in [-0.4, -0.2) is 18.8 Å².